The van der Waals surface area contributed by atoms with Crippen LogP contribution in [-0.2, 0) is 4.74 Å². The molecule has 1 aromatic rings. The van der Waals surface area contributed by atoms with Crippen LogP contribution in [0.15, 0.2) is 10.9 Å². The fourth-order valence-electron chi connectivity index (χ4n) is 1.93. The Bertz CT molecular complexity index is 529. The van der Waals surface area contributed by atoms with E-state index in [4.69, 9.17) is 22.7 Å². The molecule has 1 aliphatic rings. The number of nitrogens with two attached hydrogens (primary N) is 1. The lowest BCUT2D eigenvalue weighted by atomic mass is 10.2. The van der Waals surface area contributed by atoms with Gasteiger partial charge in [0.2, 0.25) is 0 Å². The zero-order valence-electron chi connectivity index (χ0n) is 11.0. The van der Waals surface area contributed by atoms with Gasteiger partial charge in [0, 0.05) is 18.5 Å². The Hall–Kier alpha value is -1.47. The van der Waals surface area contributed by atoms with E-state index in [0.29, 0.717) is 36.3 Å². The van der Waals surface area contributed by atoms with Crippen molar-refractivity contribution in [2.75, 3.05) is 24.6 Å². The highest BCUT2D eigenvalue weighted by molar-refractivity contribution is 7.80. The van der Waals surface area contributed by atoms with Crippen LogP contribution in [0, 0.1) is 0 Å². The van der Waals surface area contributed by atoms with Crippen LogP contribution in [0.25, 0.3) is 0 Å². The van der Waals surface area contributed by atoms with Gasteiger partial charge in [-0.25, -0.2) is 4.98 Å². The quantitative estimate of drug-likeness (QED) is 0.780. The Morgan fingerprint density at radius 2 is 2.42 bits per heavy atom. The minimum Gasteiger partial charge on any atom is -0.391 e. The molecule has 0 bridgehead atoms. The molecule has 1 fully saturated rings. The molecule has 0 amide bonds. The summed E-state index contributed by atoms with van der Waals surface area (Å²) in [4.78, 5) is 21.2. The molecule has 1 aromatic heterocycles. The van der Waals surface area contributed by atoms with Gasteiger partial charge >= 0.3 is 0 Å². The zero-order valence-corrected chi connectivity index (χ0v) is 11.9. The van der Waals surface area contributed by atoms with Gasteiger partial charge < -0.3 is 20.4 Å². The van der Waals surface area contributed by atoms with E-state index in [2.05, 4.69) is 9.97 Å². The first kappa shape index (κ1) is 14.0. The number of morpholine rings is 1. The number of H-pyrrole nitrogens is 1. The summed E-state index contributed by atoms with van der Waals surface area (Å²) in [7, 11) is 0. The Morgan fingerprint density at radius 3 is 3.05 bits per heavy atom. The van der Waals surface area contributed by atoms with Gasteiger partial charge in [-0.1, -0.05) is 26.1 Å². The lowest BCUT2D eigenvalue weighted by Gasteiger charge is -2.33. The molecule has 2 rings (SSSR count). The number of aromatic amines is 1. The van der Waals surface area contributed by atoms with Crippen LogP contribution in [0.3, 0.4) is 0 Å². The van der Waals surface area contributed by atoms with E-state index in [-0.39, 0.29) is 17.6 Å². The molecular weight excluding hydrogens is 264 g/mol. The van der Waals surface area contributed by atoms with Crippen molar-refractivity contribution in [1.29, 1.82) is 0 Å². The van der Waals surface area contributed by atoms with E-state index in [0.717, 1.165) is 0 Å². The number of hydrogen-bond donors (Lipinski definition) is 2. The highest BCUT2D eigenvalue weighted by Crippen LogP contribution is 2.16. The molecule has 2 heterocycles. The van der Waals surface area contributed by atoms with Crippen molar-refractivity contribution in [3.63, 3.8) is 0 Å². The Balaban J connectivity index is 2.26. The first-order valence-electron chi connectivity index (χ1n) is 6.24. The minimum atomic E-state index is -0.285. The monoisotopic (exact) mass is 282 g/mol. The SMILES string of the molecule is CC(C)c1nc(N2CCOC(C(N)=S)C2)cc(=O)[nH]1. The first-order chi connectivity index (χ1) is 8.97. The molecule has 0 spiro atoms. The number of ether oxygens (including phenoxy) is 1. The fraction of sp³-hybridized carbons (Fsp3) is 0.583. The maximum absolute atomic E-state index is 11.7. The Labute approximate surface area is 117 Å². The number of thiocarbonyl (C=S) groups is 1. The molecule has 1 aliphatic heterocycles. The maximum atomic E-state index is 11.7. The molecule has 19 heavy (non-hydrogen) atoms. The van der Waals surface area contributed by atoms with Crippen molar-refractivity contribution in [1.82, 2.24) is 9.97 Å². The second-order valence-electron chi connectivity index (χ2n) is 4.85. The van der Waals surface area contributed by atoms with Crippen molar-refractivity contribution in [2.24, 2.45) is 5.73 Å². The minimum absolute atomic E-state index is 0.146. The molecular formula is C12H18N4O2S. The summed E-state index contributed by atoms with van der Waals surface area (Å²) in [6.07, 6.45) is -0.285. The van der Waals surface area contributed by atoms with Crippen LogP contribution < -0.4 is 16.2 Å². The third-order valence-corrected chi connectivity index (χ3v) is 3.26. The molecule has 6 nitrogen and oxygen atoms in total. The molecule has 0 saturated carbocycles. The van der Waals surface area contributed by atoms with E-state index in [1.54, 1.807) is 0 Å². The third kappa shape index (κ3) is 3.30. The highest BCUT2D eigenvalue weighted by atomic mass is 32.1. The summed E-state index contributed by atoms with van der Waals surface area (Å²) in [5.41, 5.74) is 5.46. The van der Waals surface area contributed by atoms with Gasteiger partial charge in [0.25, 0.3) is 5.56 Å². The van der Waals surface area contributed by atoms with Gasteiger partial charge in [0.15, 0.2) is 0 Å². The fourth-order valence-corrected chi connectivity index (χ4v) is 2.07. The van der Waals surface area contributed by atoms with Crippen LogP contribution in [0.4, 0.5) is 5.82 Å². The van der Waals surface area contributed by atoms with E-state index < -0.39 is 0 Å². The van der Waals surface area contributed by atoms with Gasteiger partial charge in [0.05, 0.1) is 13.2 Å². The first-order valence-corrected chi connectivity index (χ1v) is 6.65. The Morgan fingerprint density at radius 1 is 1.68 bits per heavy atom. The molecule has 0 aliphatic carbocycles. The number of nitrogens with zero attached hydrogens (tertiary/aromatic N) is 2. The van der Waals surface area contributed by atoms with Crippen LogP contribution >= 0.6 is 12.2 Å². The van der Waals surface area contributed by atoms with Crippen LogP contribution in [0.1, 0.15) is 25.6 Å². The number of hydrogen-bond acceptors (Lipinski definition) is 5. The second-order valence-corrected chi connectivity index (χ2v) is 5.32. The van der Waals surface area contributed by atoms with E-state index in [1.807, 2.05) is 18.7 Å². The summed E-state index contributed by atoms with van der Waals surface area (Å²) < 4.78 is 5.48. The van der Waals surface area contributed by atoms with Crippen LogP contribution in [-0.4, -0.2) is 40.8 Å². The molecule has 104 valence electrons. The van der Waals surface area contributed by atoms with Gasteiger partial charge in [-0.3, -0.25) is 4.79 Å². The van der Waals surface area contributed by atoms with Gasteiger partial charge in [-0.05, 0) is 0 Å². The maximum Gasteiger partial charge on any atom is 0.252 e. The standard InChI is InChI=1S/C12H18N4O2S/c1-7(2)12-14-9(5-10(17)15-12)16-3-4-18-8(6-16)11(13)19/h5,7-8H,3-4,6H2,1-2H3,(H2,13,19)(H,14,15,17). The molecule has 0 aromatic carbocycles. The Kier molecular flexibility index (Phi) is 4.16. The molecule has 1 atom stereocenters. The van der Waals surface area contributed by atoms with Crippen molar-refractivity contribution in [2.45, 2.75) is 25.9 Å². The zero-order chi connectivity index (χ0) is 14.0. The van der Waals surface area contributed by atoms with Gasteiger partial charge in [-0.2, -0.15) is 0 Å². The van der Waals surface area contributed by atoms with Gasteiger partial charge in [0.1, 0.15) is 22.7 Å². The van der Waals surface area contributed by atoms with Gasteiger partial charge in [-0.15, -0.1) is 0 Å². The second kappa shape index (κ2) is 5.66. The predicted octanol–water partition coefficient (Wildman–Crippen LogP) is 0.385. The molecule has 1 unspecified atom stereocenters. The average molecular weight is 282 g/mol. The van der Waals surface area contributed by atoms with E-state index in [1.165, 1.54) is 6.07 Å². The molecule has 7 heteroatoms. The summed E-state index contributed by atoms with van der Waals surface area (Å²) in [5.74, 6) is 1.50. The summed E-state index contributed by atoms with van der Waals surface area (Å²) in [6.45, 7) is 5.70. The number of nitrogens with one attached hydrogen (secondary N) is 1. The van der Waals surface area contributed by atoms with Crippen molar-refractivity contribution in [3.05, 3.63) is 22.2 Å². The van der Waals surface area contributed by atoms with Crippen LogP contribution in [0.5, 0.6) is 0 Å². The van der Waals surface area contributed by atoms with Crippen molar-refractivity contribution >= 4 is 23.0 Å². The average Bonchev–Trinajstić information content (AvgIpc) is 2.38. The topological polar surface area (TPSA) is 84.2 Å². The molecule has 0 radical (unpaired) electrons. The number of aromatic nitrogens is 2. The predicted molar refractivity (Wildman–Crippen MR) is 77.7 cm³/mol. The smallest absolute Gasteiger partial charge is 0.252 e. The van der Waals surface area contributed by atoms with E-state index >= 15 is 0 Å². The summed E-state index contributed by atoms with van der Waals surface area (Å²) in [6, 6.07) is 1.49. The van der Waals surface area contributed by atoms with E-state index in [9.17, 15) is 4.79 Å². The normalized spacial score (nSPS) is 19.7. The summed E-state index contributed by atoms with van der Waals surface area (Å²) in [5, 5.41) is 0. The lowest BCUT2D eigenvalue weighted by molar-refractivity contribution is 0.0843. The highest BCUT2D eigenvalue weighted by Gasteiger charge is 2.24. The summed E-state index contributed by atoms with van der Waals surface area (Å²) >= 11 is 4.95. The molecule has 3 N–H and O–H groups in total. The number of anilines is 1. The number of rotatable bonds is 3. The lowest BCUT2D eigenvalue weighted by Crippen LogP contribution is -2.48. The largest absolute Gasteiger partial charge is 0.391 e. The van der Waals surface area contributed by atoms with Crippen molar-refractivity contribution < 1.29 is 4.74 Å². The van der Waals surface area contributed by atoms with Crippen molar-refractivity contribution in [3.8, 4) is 0 Å². The molecule has 1 saturated heterocycles. The van der Waals surface area contributed by atoms with Crippen LogP contribution in [0.2, 0.25) is 0 Å². The third-order valence-electron chi connectivity index (χ3n) is 3.00.